The summed E-state index contributed by atoms with van der Waals surface area (Å²) in [5.74, 6) is 0.718. The van der Waals surface area contributed by atoms with Gasteiger partial charge in [-0.1, -0.05) is 26.2 Å². The molecule has 1 atom stereocenters. The summed E-state index contributed by atoms with van der Waals surface area (Å²) in [7, 11) is 0. The molecule has 1 aliphatic carbocycles. The summed E-state index contributed by atoms with van der Waals surface area (Å²) in [4.78, 5) is 4.22. The summed E-state index contributed by atoms with van der Waals surface area (Å²) in [5.41, 5.74) is 8.13. The predicted octanol–water partition coefficient (Wildman–Crippen LogP) is 2.89. The van der Waals surface area contributed by atoms with E-state index in [-0.39, 0.29) is 0 Å². The normalized spacial score (nSPS) is 19.1. The van der Waals surface area contributed by atoms with Crippen molar-refractivity contribution >= 4 is 5.69 Å². The van der Waals surface area contributed by atoms with Crippen molar-refractivity contribution in [3.63, 3.8) is 0 Å². The second kappa shape index (κ2) is 6.01. The van der Waals surface area contributed by atoms with Crippen LogP contribution in [0.2, 0.25) is 0 Å². The van der Waals surface area contributed by atoms with E-state index >= 15 is 0 Å². The van der Waals surface area contributed by atoms with Crippen LogP contribution in [-0.2, 0) is 0 Å². The lowest BCUT2D eigenvalue weighted by atomic mass is 9.81. The number of aromatic nitrogens is 1. The van der Waals surface area contributed by atoms with Gasteiger partial charge in [-0.3, -0.25) is 4.98 Å². The summed E-state index contributed by atoms with van der Waals surface area (Å²) in [6, 6.07) is 2.29. The fraction of sp³-hybridized carbons (Fsp3) is 0.643. The molecule has 3 nitrogen and oxygen atoms in total. The van der Waals surface area contributed by atoms with Gasteiger partial charge in [-0.05, 0) is 31.4 Å². The third-order valence-corrected chi connectivity index (χ3v) is 3.77. The fourth-order valence-corrected chi connectivity index (χ4v) is 2.90. The number of hydrogen-bond donors (Lipinski definition) is 2. The molecule has 1 saturated carbocycles. The molecule has 0 amide bonds. The molecule has 1 aromatic rings. The molecule has 0 saturated heterocycles. The fourth-order valence-electron chi connectivity index (χ4n) is 2.90. The molecule has 0 aliphatic heterocycles. The molecule has 2 rings (SSSR count). The quantitative estimate of drug-likeness (QED) is 0.840. The summed E-state index contributed by atoms with van der Waals surface area (Å²) in [6.07, 6.45) is 10.4. The van der Waals surface area contributed by atoms with E-state index in [1.54, 1.807) is 6.20 Å². The SMILES string of the molecule is CCNC(c1cnccc1N)C1CCCCC1. The molecule has 1 aliphatic rings. The zero-order valence-electron chi connectivity index (χ0n) is 10.7. The van der Waals surface area contributed by atoms with Gasteiger partial charge in [0, 0.05) is 29.7 Å². The molecule has 1 aromatic heterocycles. The smallest absolute Gasteiger partial charge is 0.0393 e. The molecule has 1 heterocycles. The van der Waals surface area contributed by atoms with E-state index in [0.717, 1.165) is 18.2 Å². The van der Waals surface area contributed by atoms with Crippen molar-refractivity contribution in [1.29, 1.82) is 0 Å². The first-order valence-electron chi connectivity index (χ1n) is 6.75. The Morgan fingerprint density at radius 1 is 1.41 bits per heavy atom. The number of pyridine rings is 1. The van der Waals surface area contributed by atoms with Crippen LogP contribution in [0.25, 0.3) is 0 Å². The lowest BCUT2D eigenvalue weighted by Crippen LogP contribution is -2.30. The van der Waals surface area contributed by atoms with Crippen molar-refractivity contribution in [2.24, 2.45) is 5.92 Å². The van der Waals surface area contributed by atoms with Crippen LogP contribution in [0.15, 0.2) is 18.5 Å². The maximum absolute atomic E-state index is 6.08. The number of nitrogens with zero attached hydrogens (tertiary/aromatic N) is 1. The van der Waals surface area contributed by atoms with Crippen LogP contribution >= 0.6 is 0 Å². The van der Waals surface area contributed by atoms with Gasteiger partial charge in [0.2, 0.25) is 0 Å². The molecular weight excluding hydrogens is 210 g/mol. The van der Waals surface area contributed by atoms with Crippen molar-refractivity contribution in [1.82, 2.24) is 10.3 Å². The van der Waals surface area contributed by atoms with Crippen molar-refractivity contribution in [2.75, 3.05) is 12.3 Å². The Balaban J connectivity index is 2.18. The topological polar surface area (TPSA) is 50.9 Å². The van der Waals surface area contributed by atoms with E-state index in [0.29, 0.717) is 6.04 Å². The highest BCUT2D eigenvalue weighted by molar-refractivity contribution is 5.46. The van der Waals surface area contributed by atoms with Crippen molar-refractivity contribution in [3.8, 4) is 0 Å². The lowest BCUT2D eigenvalue weighted by Gasteiger charge is -2.31. The van der Waals surface area contributed by atoms with Crippen LogP contribution in [0.5, 0.6) is 0 Å². The van der Waals surface area contributed by atoms with Gasteiger partial charge in [-0.15, -0.1) is 0 Å². The van der Waals surface area contributed by atoms with Gasteiger partial charge in [0.05, 0.1) is 0 Å². The Morgan fingerprint density at radius 3 is 2.82 bits per heavy atom. The second-order valence-corrected chi connectivity index (χ2v) is 4.94. The molecule has 1 unspecified atom stereocenters. The van der Waals surface area contributed by atoms with Crippen molar-refractivity contribution in [3.05, 3.63) is 24.0 Å². The van der Waals surface area contributed by atoms with Crippen LogP contribution in [0.4, 0.5) is 5.69 Å². The first kappa shape index (κ1) is 12.4. The molecule has 17 heavy (non-hydrogen) atoms. The lowest BCUT2D eigenvalue weighted by molar-refractivity contribution is 0.274. The van der Waals surface area contributed by atoms with Crippen LogP contribution in [-0.4, -0.2) is 11.5 Å². The third-order valence-electron chi connectivity index (χ3n) is 3.77. The molecule has 3 N–H and O–H groups in total. The van der Waals surface area contributed by atoms with Crippen LogP contribution in [0.3, 0.4) is 0 Å². The number of hydrogen-bond acceptors (Lipinski definition) is 3. The molecule has 0 spiro atoms. The zero-order valence-corrected chi connectivity index (χ0v) is 10.7. The van der Waals surface area contributed by atoms with Gasteiger partial charge in [0.15, 0.2) is 0 Å². The summed E-state index contributed by atoms with van der Waals surface area (Å²) >= 11 is 0. The number of nitrogen functional groups attached to an aromatic ring is 1. The molecule has 0 bridgehead atoms. The van der Waals surface area contributed by atoms with E-state index in [1.807, 2.05) is 12.3 Å². The van der Waals surface area contributed by atoms with E-state index in [1.165, 1.54) is 37.7 Å². The minimum Gasteiger partial charge on any atom is -0.398 e. The number of anilines is 1. The van der Waals surface area contributed by atoms with Crippen molar-refractivity contribution in [2.45, 2.75) is 45.1 Å². The Morgan fingerprint density at radius 2 is 2.18 bits per heavy atom. The number of nitrogens with two attached hydrogens (primary N) is 1. The van der Waals surface area contributed by atoms with Gasteiger partial charge in [-0.2, -0.15) is 0 Å². The van der Waals surface area contributed by atoms with E-state index in [2.05, 4.69) is 17.2 Å². The van der Waals surface area contributed by atoms with Gasteiger partial charge in [-0.25, -0.2) is 0 Å². The average Bonchev–Trinajstić information content (AvgIpc) is 2.38. The van der Waals surface area contributed by atoms with Crippen LogP contribution in [0, 0.1) is 5.92 Å². The van der Waals surface area contributed by atoms with Gasteiger partial charge < -0.3 is 11.1 Å². The minimum absolute atomic E-state index is 0.383. The van der Waals surface area contributed by atoms with E-state index < -0.39 is 0 Å². The maximum atomic E-state index is 6.08. The molecule has 1 fully saturated rings. The molecule has 3 heteroatoms. The van der Waals surface area contributed by atoms with Gasteiger partial charge in [0.25, 0.3) is 0 Å². The Hall–Kier alpha value is -1.09. The van der Waals surface area contributed by atoms with Crippen molar-refractivity contribution < 1.29 is 0 Å². The van der Waals surface area contributed by atoms with E-state index in [9.17, 15) is 0 Å². The zero-order chi connectivity index (χ0) is 12.1. The molecule has 0 aromatic carbocycles. The highest BCUT2D eigenvalue weighted by atomic mass is 14.9. The van der Waals surface area contributed by atoms with Crippen LogP contribution in [0.1, 0.15) is 50.6 Å². The Bertz CT molecular complexity index is 345. The first-order valence-corrected chi connectivity index (χ1v) is 6.75. The monoisotopic (exact) mass is 233 g/mol. The minimum atomic E-state index is 0.383. The Labute approximate surface area is 104 Å². The van der Waals surface area contributed by atoms with Gasteiger partial charge >= 0.3 is 0 Å². The maximum Gasteiger partial charge on any atom is 0.0393 e. The predicted molar refractivity (Wildman–Crippen MR) is 71.6 cm³/mol. The largest absolute Gasteiger partial charge is 0.398 e. The molecular formula is C14H23N3. The molecule has 0 radical (unpaired) electrons. The first-order chi connectivity index (χ1) is 8.33. The Kier molecular flexibility index (Phi) is 4.37. The summed E-state index contributed by atoms with van der Waals surface area (Å²) < 4.78 is 0. The summed E-state index contributed by atoms with van der Waals surface area (Å²) in [5, 5.41) is 3.59. The van der Waals surface area contributed by atoms with Crippen LogP contribution < -0.4 is 11.1 Å². The summed E-state index contributed by atoms with van der Waals surface area (Å²) in [6.45, 7) is 3.14. The second-order valence-electron chi connectivity index (χ2n) is 4.94. The number of nitrogens with one attached hydrogen (secondary N) is 1. The molecule has 94 valence electrons. The standard InChI is InChI=1S/C14H23N3/c1-2-17-14(11-6-4-3-5-7-11)12-10-16-9-8-13(12)15/h8-11,14,17H,2-7H2,1H3,(H2,15,16). The van der Waals surface area contributed by atoms with E-state index in [4.69, 9.17) is 5.73 Å². The number of rotatable bonds is 4. The third kappa shape index (κ3) is 2.97. The average molecular weight is 233 g/mol. The highest BCUT2D eigenvalue weighted by Crippen LogP contribution is 2.35. The highest BCUT2D eigenvalue weighted by Gasteiger charge is 2.25. The van der Waals surface area contributed by atoms with Gasteiger partial charge in [0.1, 0.15) is 0 Å².